The highest BCUT2D eigenvalue weighted by Crippen LogP contribution is 2.28. The van der Waals surface area contributed by atoms with E-state index in [9.17, 15) is 10.2 Å². The van der Waals surface area contributed by atoms with E-state index in [0.717, 1.165) is 15.6 Å². The van der Waals surface area contributed by atoms with Gasteiger partial charge in [0.1, 0.15) is 17.2 Å². The number of benzene rings is 2. The minimum Gasteiger partial charge on any atom is -0.506 e. The summed E-state index contributed by atoms with van der Waals surface area (Å²) in [6.45, 7) is 2.05. The van der Waals surface area contributed by atoms with Crippen LogP contribution in [0.2, 0.25) is 0 Å². The van der Waals surface area contributed by atoms with Crippen LogP contribution < -0.4 is 0 Å². The van der Waals surface area contributed by atoms with Crippen LogP contribution in [0.25, 0.3) is 0 Å². The molecule has 2 rings (SSSR count). The average molecular weight is 367 g/mol. The molecule has 2 N–H and O–H groups in total. The number of rotatable bonds is 3. The number of hydrogen-bond acceptors (Lipinski definition) is 3. The summed E-state index contributed by atoms with van der Waals surface area (Å²) in [7, 11) is 0. The van der Waals surface area contributed by atoms with Crippen LogP contribution in [0, 0.1) is 3.57 Å². The van der Waals surface area contributed by atoms with Crippen LogP contribution >= 0.6 is 22.6 Å². The maximum atomic E-state index is 9.88. The number of aryl methyl sites for hydroxylation is 1. The molecule has 0 heterocycles. The third kappa shape index (κ3) is 3.26. The van der Waals surface area contributed by atoms with Gasteiger partial charge in [-0.2, -0.15) is 0 Å². The van der Waals surface area contributed by atoms with E-state index in [2.05, 4.69) is 27.6 Å². The van der Waals surface area contributed by atoms with Gasteiger partial charge in [-0.15, -0.1) is 0 Å². The molecule has 0 aliphatic carbocycles. The van der Waals surface area contributed by atoms with Gasteiger partial charge in [-0.3, -0.25) is 4.99 Å². The average Bonchev–Trinajstić information content (AvgIpc) is 2.42. The quantitative estimate of drug-likeness (QED) is 0.636. The summed E-state index contributed by atoms with van der Waals surface area (Å²) in [5.41, 5.74) is 2.25. The molecule has 2 aromatic rings. The van der Waals surface area contributed by atoms with Crippen molar-refractivity contribution in [3.05, 3.63) is 51.1 Å². The van der Waals surface area contributed by atoms with Crippen molar-refractivity contribution in [1.29, 1.82) is 0 Å². The summed E-state index contributed by atoms with van der Waals surface area (Å²) in [6, 6.07) is 10.8. The summed E-state index contributed by atoms with van der Waals surface area (Å²) in [6.07, 6.45) is 2.45. The Morgan fingerprint density at radius 2 is 2.00 bits per heavy atom. The molecule has 0 spiro atoms. The van der Waals surface area contributed by atoms with E-state index in [1.807, 2.05) is 31.2 Å². The maximum Gasteiger partial charge on any atom is 0.141 e. The van der Waals surface area contributed by atoms with Crippen molar-refractivity contribution < 1.29 is 10.2 Å². The van der Waals surface area contributed by atoms with Gasteiger partial charge in [0.15, 0.2) is 0 Å². The molecule has 4 heteroatoms. The molecule has 2 aromatic carbocycles. The van der Waals surface area contributed by atoms with Crippen LogP contribution in [0.1, 0.15) is 18.1 Å². The number of halogens is 1. The van der Waals surface area contributed by atoms with Gasteiger partial charge >= 0.3 is 0 Å². The third-order valence-corrected chi connectivity index (χ3v) is 3.68. The van der Waals surface area contributed by atoms with Gasteiger partial charge in [0.25, 0.3) is 0 Å². The molecule has 98 valence electrons. The largest absolute Gasteiger partial charge is 0.506 e. The Balaban J connectivity index is 2.35. The van der Waals surface area contributed by atoms with Gasteiger partial charge < -0.3 is 10.2 Å². The Morgan fingerprint density at radius 1 is 1.21 bits per heavy atom. The van der Waals surface area contributed by atoms with Crippen molar-refractivity contribution in [3.63, 3.8) is 0 Å². The second-order valence-corrected chi connectivity index (χ2v) is 5.27. The summed E-state index contributed by atoms with van der Waals surface area (Å²) in [5.74, 6) is 0.344. The molecule has 3 nitrogen and oxygen atoms in total. The van der Waals surface area contributed by atoms with Crippen LogP contribution in [0.3, 0.4) is 0 Å². The van der Waals surface area contributed by atoms with Crippen LogP contribution in [0.4, 0.5) is 5.69 Å². The van der Waals surface area contributed by atoms with Gasteiger partial charge in [-0.05, 0) is 58.8 Å². The van der Waals surface area contributed by atoms with Crippen molar-refractivity contribution in [2.45, 2.75) is 13.3 Å². The van der Waals surface area contributed by atoms with Crippen LogP contribution in [-0.4, -0.2) is 16.4 Å². The van der Waals surface area contributed by atoms with Crippen LogP contribution in [0.5, 0.6) is 11.5 Å². The Labute approximate surface area is 125 Å². The van der Waals surface area contributed by atoms with Gasteiger partial charge in [0, 0.05) is 11.8 Å². The van der Waals surface area contributed by atoms with Crippen LogP contribution in [-0.2, 0) is 6.42 Å². The second kappa shape index (κ2) is 6.06. The van der Waals surface area contributed by atoms with E-state index in [-0.39, 0.29) is 11.5 Å². The normalized spacial score (nSPS) is 11.1. The topological polar surface area (TPSA) is 52.8 Å². The zero-order valence-electron chi connectivity index (χ0n) is 10.5. The lowest BCUT2D eigenvalue weighted by atomic mass is 10.1. The Bertz CT molecular complexity index is 624. The molecule has 0 radical (unpaired) electrons. The number of phenolic OH excluding ortho intramolecular Hbond substituents is 2. The molecule has 0 atom stereocenters. The predicted octanol–water partition coefficient (Wildman–Crippen LogP) is 4.02. The standard InChI is InChI=1S/C15H14INO2/c1-2-10-6-7-14(18)13(8-10)17-9-11-4-3-5-12(16)15(11)19/h3-9,18-19H,2H2,1H3. The highest BCUT2D eigenvalue weighted by Gasteiger charge is 2.03. The molecule has 0 saturated heterocycles. The fourth-order valence-corrected chi connectivity index (χ4v) is 2.19. The monoisotopic (exact) mass is 367 g/mol. The second-order valence-electron chi connectivity index (χ2n) is 4.11. The minimum absolute atomic E-state index is 0.138. The number of aliphatic imine (C=N–C) groups is 1. The lowest BCUT2D eigenvalue weighted by molar-refractivity contribution is 0.470. The van der Waals surface area contributed by atoms with Gasteiger partial charge in [-0.25, -0.2) is 0 Å². The third-order valence-electron chi connectivity index (χ3n) is 2.81. The Morgan fingerprint density at radius 3 is 2.74 bits per heavy atom. The van der Waals surface area contributed by atoms with E-state index in [4.69, 9.17) is 0 Å². The molecule has 19 heavy (non-hydrogen) atoms. The van der Waals surface area contributed by atoms with E-state index >= 15 is 0 Å². The van der Waals surface area contributed by atoms with Gasteiger partial charge in [-0.1, -0.05) is 19.1 Å². The van der Waals surface area contributed by atoms with E-state index < -0.39 is 0 Å². The molecule has 0 unspecified atom stereocenters. The molecule has 0 fully saturated rings. The van der Waals surface area contributed by atoms with Crippen molar-refractivity contribution in [2.75, 3.05) is 0 Å². The fraction of sp³-hybridized carbons (Fsp3) is 0.133. The minimum atomic E-state index is 0.138. The molecule has 0 aliphatic heterocycles. The SMILES string of the molecule is CCc1ccc(O)c(N=Cc2cccc(I)c2O)c1. The highest BCUT2D eigenvalue weighted by atomic mass is 127. The summed E-state index contributed by atoms with van der Waals surface area (Å²) < 4.78 is 0.771. The zero-order valence-corrected chi connectivity index (χ0v) is 12.6. The van der Waals surface area contributed by atoms with E-state index in [1.54, 1.807) is 18.3 Å². The molecule has 0 bridgehead atoms. The maximum absolute atomic E-state index is 9.88. The first-order valence-corrected chi connectivity index (χ1v) is 7.03. The van der Waals surface area contributed by atoms with Crippen molar-refractivity contribution in [1.82, 2.24) is 0 Å². The Hall–Kier alpha value is -1.56. The molecule has 0 aliphatic rings. The van der Waals surface area contributed by atoms with Crippen molar-refractivity contribution in [2.24, 2.45) is 4.99 Å². The molecule has 0 aromatic heterocycles. The molecule has 0 amide bonds. The fourth-order valence-electron chi connectivity index (χ4n) is 1.67. The number of para-hydroxylation sites is 1. The molecule has 0 saturated carbocycles. The zero-order chi connectivity index (χ0) is 13.8. The lowest BCUT2D eigenvalue weighted by Gasteiger charge is -2.03. The summed E-state index contributed by atoms with van der Waals surface area (Å²) in [5, 5.41) is 19.6. The first-order chi connectivity index (χ1) is 9.11. The van der Waals surface area contributed by atoms with E-state index in [1.165, 1.54) is 0 Å². The van der Waals surface area contributed by atoms with Crippen LogP contribution in [0.15, 0.2) is 41.4 Å². The highest BCUT2D eigenvalue weighted by molar-refractivity contribution is 14.1. The molecular formula is C15H14INO2. The smallest absolute Gasteiger partial charge is 0.141 e. The Kier molecular flexibility index (Phi) is 4.42. The van der Waals surface area contributed by atoms with Crippen molar-refractivity contribution in [3.8, 4) is 11.5 Å². The summed E-state index contributed by atoms with van der Waals surface area (Å²) in [4.78, 5) is 4.25. The first kappa shape index (κ1) is 13.9. The van der Waals surface area contributed by atoms with Gasteiger partial charge in [0.2, 0.25) is 0 Å². The number of phenols is 2. The number of hydrogen-bond donors (Lipinski definition) is 2. The number of nitrogens with zero attached hydrogens (tertiary/aromatic N) is 1. The molecular weight excluding hydrogens is 353 g/mol. The van der Waals surface area contributed by atoms with Crippen molar-refractivity contribution >= 4 is 34.5 Å². The van der Waals surface area contributed by atoms with Gasteiger partial charge in [0.05, 0.1) is 3.57 Å². The summed E-state index contributed by atoms with van der Waals surface area (Å²) >= 11 is 2.06. The van der Waals surface area contributed by atoms with E-state index in [0.29, 0.717) is 11.3 Å². The predicted molar refractivity (Wildman–Crippen MR) is 85.6 cm³/mol. The first-order valence-electron chi connectivity index (χ1n) is 5.95. The lowest BCUT2D eigenvalue weighted by Crippen LogP contribution is -1.85. The number of aromatic hydroxyl groups is 2.